The quantitative estimate of drug-likeness (QED) is 0.924. The van der Waals surface area contributed by atoms with Crippen molar-refractivity contribution in [2.24, 2.45) is 0 Å². The summed E-state index contributed by atoms with van der Waals surface area (Å²) in [6, 6.07) is 10.8. The minimum atomic E-state index is 0.518. The average Bonchev–Trinajstić information content (AvgIpc) is 2.97. The average molecular weight is 285 g/mol. The molecule has 2 aromatic rings. The van der Waals surface area contributed by atoms with Crippen LogP contribution in [0.15, 0.2) is 42.7 Å². The Hall–Kier alpha value is -1.85. The molecule has 21 heavy (non-hydrogen) atoms. The normalized spacial score (nSPS) is 20.6. The maximum atomic E-state index is 4.44. The van der Waals surface area contributed by atoms with E-state index in [2.05, 4.69) is 50.9 Å². The smallest absolute Gasteiger partial charge is 0.207 e. The highest BCUT2D eigenvalue weighted by molar-refractivity contribution is 5.41. The Morgan fingerprint density at radius 2 is 2.00 bits per heavy atom. The van der Waals surface area contributed by atoms with Gasteiger partial charge in [0.05, 0.1) is 0 Å². The number of para-hydroxylation sites is 1. The zero-order chi connectivity index (χ0) is 14.7. The standard InChI is InChI=1S/C16H23N5/c1-19-10-11-20(2)15(13-19)12-18-16-17-8-9-21(16)14-6-4-3-5-7-14/h3-9,15H,10-13H2,1-2H3,(H,17,18). The van der Waals surface area contributed by atoms with E-state index >= 15 is 0 Å². The largest absolute Gasteiger partial charge is 0.354 e. The lowest BCUT2D eigenvalue weighted by Gasteiger charge is -2.37. The van der Waals surface area contributed by atoms with Crippen LogP contribution in [0.25, 0.3) is 5.69 Å². The van der Waals surface area contributed by atoms with E-state index in [4.69, 9.17) is 0 Å². The zero-order valence-electron chi connectivity index (χ0n) is 12.7. The first kappa shape index (κ1) is 14.1. The maximum Gasteiger partial charge on any atom is 0.207 e. The fourth-order valence-electron chi connectivity index (χ4n) is 2.76. The summed E-state index contributed by atoms with van der Waals surface area (Å²) < 4.78 is 2.09. The van der Waals surface area contributed by atoms with Crippen LogP contribution in [-0.4, -0.2) is 65.7 Å². The predicted octanol–water partition coefficient (Wildman–Crippen LogP) is 1.53. The van der Waals surface area contributed by atoms with Gasteiger partial charge in [0.1, 0.15) is 0 Å². The van der Waals surface area contributed by atoms with Gasteiger partial charge in [0.15, 0.2) is 0 Å². The van der Waals surface area contributed by atoms with Gasteiger partial charge in [-0.25, -0.2) is 4.98 Å². The summed E-state index contributed by atoms with van der Waals surface area (Å²) in [7, 11) is 4.38. The number of aromatic nitrogens is 2. The molecule has 0 aliphatic carbocycles. The number of nitrogens with zero attached hydrogens (tertiary/aromatic N) is 4. The summed E-state index contributed by atoms with van der Waals surface area (Å²) in [5, 5.41) is 3.50. The fourth-order valence-corrected chi connectivity index (χ4v) is 2.76. The van der Waals surface area contributed by atoms with Crippen molar-refractivity contribution in [2.45, 2.75) is 6.04 Å². The Kier molecular flexibility index (Phi) is 4.22. The van der Waals surface area contributed by atoms with Crippen LogP contribution in [0.4, 0.5) is 5.95 Å². The number of piperazine rings is 1. The van der Waals surface area contributed by atoms with E-state index in [9.17, 15) is 0 Å². The number of hydrogen-bond acceptors (Lipinski definition) is 4. The number of nitrogens with one attached hydrogen (secondary N) is 1. The van der Waals surface area contributed by atoms with Gasteiger partial charge >= 0.3 is 0 Å². The Bertz CT molecular complexity index is 565. The highest BCUT2D eigenvalue weighted by atomic mass is 15.3. The van der Waals surface area contributed by atoms with Crippen molar-refractivity contribution in [1.82, 2.24) is 19.4 Å². The summed E-state index contributed by atoms with van der Waals surface area (Å²) >= 11 is 0. The zero-order valence-corrected chi connectivity index (χ0v) is 12.7. The molecule has 1 aromatic carbocycles. The number of anilines is 1. The van der Waals surface area contributed by atoms with Gasteiger partial charge in [-0.15, -0.1) is 0 Å². The highest BCUT2D eigenvalue weighted by Gasteiger charge is 2.22. The lowest BCUT2D eigenvalue weighted by atomic mass is 10.2. The minimum Gasteiger partial charge on any atom is -0.354 e. The first-order valence-electron chi connectivity index (χ1n) is 7.45. The van der Waals surface area contributed by atoms with Crippen molar-refractivity contribution in [3.63, 3.8) is 0 Å². The van der Waals surface area contributed by atoms with Crippen molar-refractivity contribution in [1.29, 1.82) is 0 Å². The third-order valence-corrected chi connectivity index (χ3v) is 4.15. The monoisotopic (exact) mass is 285 g/mol. The molecule has 2 heterocycles. The molecular weight excluding hydrogens is 262 g/mol. The first-order valence-corrected chi connectivity index (χ1v) is 7.45. The number of hydrogen-bond donors (Lipinski definition) is 1. The molecule has 0 saturated carbocycles. The van der Waals surface area contributed by atoms with E-state index < -0.39 is 0 Å². The van der Waals surface area contributed by atoms with Gasteiger partial charge in [-0.05, 0) is 26.2 Å². The number of imidazole rings is 1. The van der Waals surface area contributed by atoms with E-state index in [1.165, 1.54) is 0 Å². The molecule has 5 heteroatoms. The van der Waals surface area contributed by atoms with Gasteiger partial charge in [0.25, 0.3) is 0 Å². The predicted molar refractivity (Wildman–Crippen MR) is 86.0 cm³/mol. The van der Waals surface area contributed by atoms with E-state index in [-0.39, 0.29) is 0 Å². The molecule has 1 unspecified atom stereocenters. The highest BCUT2D eigenvalue weighted by Crippen LogP contribution is 2.14. The summed E-state index contributed by atoms with van der Waals surface area (Å²) in [5.41, 5.74) is 1.13. The molecule has 1 aliphatic heterocycles. The number of benzene rings is 1. The van der Waals surface area contributed by atoms with Crippen LogP contribution in [0.2, 0.25) is 0 Å². The van der Waals surface area contributed by atoms with Crippen LogP contribution < -0.4 is 5.32 Å². The lowest BCUT2D eigenvalue weighted by molar-refractivity contribution is 0.121. The van der Waals surface area contributed by atoms with Crippen LogP contribution >= 0.6 is 0 Å². The van der Waals surface area contributed by atoms with Crippen molar-refractivity contribution in [2.75, 3.05) is 45.6 Å². The van der Waals surface area contributed by atoms with E-state index in [1.54, 1.807) is 0 Å². The number of rotatable bonds is 4. The van der Waals surface area contributed by atoms with Gasteiger partial charge in [0, 0.05) is 50.3 Å². The molecule has 0 amide bonds. The van der Waals surface area contributed by atoms with Gasteiger partial charge in [-0.2, -0.15) is 0 Å². The van der Waals surface area contributed by atoms with Crippen LogP contribution in [-0.2, 0) is 0 Å². The number of likely N-dealkylation sites (N-methyl/N-ethyl adjacent to an activating group) is 2. The van der Waals surface area contributed by atoms with Crippen molar-refractivity contribution >= 4 is 5.95 Å². The maximum absolute atomic E-state index is 4.44. The van der Waals surface area contributed by atoms with Crippen LogP contribution in [0.1, 0.15) is 0 Å². The van der Waals surface area contributed by atoms with Crippen molar-refractivity contribution < 1.29 is 0 Å². The molecule has 1 aliphatic rings. The molecule has 1 fully saturated rings. The molecule has 5 nitrogen and oxygen atoms in total. The molecule has 0 bridgehead atoms. The second-order valence-corrected chi connectivity index (χ2v) is 5.73. The molecule has 1 aromatic heterocycles. The molecule has 3 rings (SSSR count). The summed E-state index contributed by atoms with van der Waals surface area (Å²) in [5.74, 6) is 0.905. The molecule has 0 radical (unpaired) electrons. The van der Waals surface area contributed by atoms with E-state index in [0.29, 0.717) is 6.04 Å². The molecule has 1 atom stereocenters. The van der Waals surface area contributed by atoms with Gasteiger partial charge in [0.2, 0.25) is 5.95 Å². The summed E-state index contributed by atoms with van der Waals surface area (Å²) in [4.78, 5) is 9.25. The second-order valence-electron chi connectivity index (χ2n) is 5.73. The third kappa shape index (κ3) is 3.25. The Labute approximate surface area is 126 Å². The SMILES string of the molecule is CN1CCN(C)C(CNc2nccn2-c2ccccc2)C1. The Morgan fingerprint density at radius 3 is 2.81 bits per heavy atom. The topological polar surface area (TPSA) is 36.3 Å². The molecule has 1 saturated heterocycles. The molecule has 112 valence electrons. The van der Waals surface area contributed by atoms with Crippen LogP contribution in [0.3, 0.4) is 0 Å². The minimum absolute atomic E-state index is 0.518. The van der Waals surface area contributed by atoms with Crippen molar-refractivity contribution in [3.8, 4) is 5.69 Å². The Balaban J connectivity index is 1.68. The van der Waals surface area contributed by atoms with E-state index in [0.717, 1.165) is 37.8 Å². The second kappa shape index (κ2) is 6.28. The van der Waals surface area contributed by atoms with Gasteiger partial charge in [-0.1, -0.05) is 18.2 Å². The van der Waals surface area contributed by atoms with Gasteiger partial charge in [-0.3, -0.25) is 9.47 Å². The Morgan fingerprint density at radius 1 is 1.19 bits per heavy atom. The molecular formula is C16H23N5. The first-order chi connectivity index (χ1) is 10.2. The molecule has 0 spiro atoms. The van der Waals surface area contributed by atoms with E-state index in [1.807, 2.05) is 30.6 Å². The van der Waals surface area contributed by atoms with Gasteiger partial charge < -0.3 is 10.2 Å². The summed E-state index contributed by atoms with van der Waals surface area (Å²) in [6.07, 6.45) is 3.83. The van der Waals surface area contributed by atoms with Crippen molar-refractivity contribution in [3.05, 3.63) is 42.7 Å². The fraction of sp³-hybridized carbons (Fsp3) is 0.438. The summed E-state index contributed by atoms with van der Waals surface area (Å²) in [6.45, 7) is 4.27. The lowest BCUT2D eigenvalue weighted by Crippen LogP contribution is -2.52. The molecule has 1 N–H and O–H groups in total. The third-order valence-electron chi connectivity index (χ3n) is 4.15. The van der Waals surface area contributed by atoms with Crippen LogP contribution in [0, 0.1) is 0 Å². The van der Waals surface area contributed by atoms with Crippen LogP contribution in [0.5, 0.6) is 0 Å².